The summed E-state index contributed by atoms with van der Waals surface area (Å²) in [5.41, 5.74) is 4.19. The van der Waals surface area contributed by atoms with E-state index in [1.54, 1.807) is 19.1 Å². The van der Waals surface area contributed by atoms with Gasteiger partial charge in [0.1, 0.15) is 5.75 Å². The molecule has 1 aliphatic carbocycles. The number of urea groups is 1. The maximum atomic E-state index is 13.2. The summed E-state index contributed by atoms with van der Waals surface area (Å²) in [6.07, 6.45) is -3.66. The van der Waals surface area contributed by atoms with Crippen LogP contribution in [0.15, 0.2) is 18.2 Å². The number of methoxy groups -OCH3 is 1. The molecule has 7 nitrogen and oxygen atoms in total. The highest BCUT2D eigenvalue weighted by atomic mass is 19.4. The number of fused-ring (bicyclic) bond motifs is 1. The molecule has 1 saturated heterocycles. The standard InChI is InChI=1S/C22H30F3N3O4/c1-13-4-5-16(32-3)10-17(13)20-8-9-28(12-22(23,24)25)14(2)21(20,31)7-6-15(11-20)18(29)27-19(26)30/h4-5,10,14-15,31H,6-9,11-12H2,1-3H3,(H3,26,27,29,30). The second-order valence-corrected chi connectivity index (χ2v) is 8.99. The number of amides is 3. The molecule has 2 aliphatic rings. The molecule has 0 bridgehead atoms. The normalized spacial score (nSPS) is 31.0. The molecule has 1 heterocycles. The van der Waals surface area contributed by atoms with Gasteiger partial charge in [-0.25, -0.2) is 4.79 Å². The number of carbonyl (C=O) groups excluding carboxylic acids is 2. The summed E-state index contributed by atoms with van der Waals surface area (Å²) in [4.78, 5) is 25.1. The van der Waals surface area contributed by atoms with Gasteiger partial charge in [-0.15, -0.1) is 0 Å². The van der Waals surface area contributed by atoms with E-state index >= 15 is 0 Å². The first-order valence-electron chi connectivity index (χ1n) is 10.6. The lowest BCUT2D eigenvalue weighted by atomic mass is 9.51. The van der Waals surface area contributed by atoms with Gasteiger partial charge in [0.2, 0.25) is 5.91 Å². The Kier molecular flexibility index (Phi) is 6.50. The zero-order valence-corrected chi connectivity index (χ0v) is 18.5. The van der Waals surface area contributed by atoms with Gasteiger partial charge in [-0.2, -0.15) is 13.2 Å². The lowest BCUT2D eigenvalue weighted by molar-refractivity contribution is -0.200. The Labute approximate surface area is 185 Å². The highest BCUT2D eigenvalue weighted by Crippen LogP contribution is 2.56. The summed E-state index contributed by atoms with van der Waals surface area (Å²) in [6.45, 7) is 2.46. The zero-order chi connectivity index (χ0) is 23.9. The van der Waals surface area contributed by atoms with Crippen LogP contribution in [0.4, 0.5) is 18.0 Å². The molecular formula is C22H30F3N3O4. The van der Waals surface area contributed by atoms with Gasteiger partial charge in [0.25, 0.3) is 0 Å². The summed E-state index contributed by atoms with van der Waals surface area (Å²) < 4.78 is 45.0. The quantitative estimate of drug-likeness (QED) is 0.645. The third kappa shape index (κ3) is 4.30. The molecular weight excluding hydrogens is 427 g/mol. The maximum Gasteiger partial charge on any atom is 0.401 e. The van der Waals surface area contributed by atoms with Gasteiger partial charge in [-0.05, 0) is 69.3 Å². The first-order valence-corrected chi connectivity index (χ1v) is 10.6. The van der Waals surface area contributed by atoms with Crippen molar-refractivity contribution in [3.05, 3.63) is 29.3 Å². The van der Waals surface area contributed by atoms with Gasteiger partial charge < -0.3 is 15.6 Å². The van der Waals surface area contributed by atoms with E-state index in [0.717, 1.165) is 11.1 Å². The summed E-state index contributed by atoms with van der Waals surface area (Å²) in [7, 11) is 1.51. The van der Waals surface area contributed by atoms with Crippen LogP contribution >= 0.6 is 0 Å². The van der Waals surface area contributed by atoms with Gasteiger partial charge in [-0.3, -0.25) is 15.0 Å². The third-order valence-corrected chi connectivity index (χ3v) is 7.32. The Morgan fingerprint density at radius 2 is 2.03 bits per heavy atom. The van der Waals surface area contributed by atoms with Crippen LogP contribution in [0.1, 0.15) is 43.7 Å². The fourth-order valence-corrected chi connectivity index (χ4v) is 5.71. The van der Waals surface area contributed by atoms with Gasteiger partial charge >= 0.3 is 12.2 Å². The number of likely N-dealkylation sites (tertiary alicyclic amines) is 1. The summed E-state index contributed by atoms with van der Waals surface area (Å²) in [5.74, 6) is -0.601. The number of aliphatic hydroxyl groups is 1. The zero-order valence-electron chi connectivity index (χ0n) is 18.5. The Morgan fingerprint density at radius 1 is 1.34 bits per heavy atom. The number of nitrogens with one attached hydrogen (secondary N) is 1. The molecule has 1 saturated carbocycles. The molecule has 0 aromatic heterocycles. The number of aryl methyl sites for hydroxylation is 1. The van der Waals surface area contributed by atoms with Crippen LogP contribution in [-0.4, -0.2) is 60.0 Å². The monoisotopic (exact) mass is 457 g/mol. The smallest absolute Gasteiger partial charge is 0.401 e. The van der Waals surface area contributed by atoms with Gasteiger partial charge in [0.05, 0.1) is 19.3 Å². The van der Waals surface area contributed by atoms with Crippen molar-refractivity contribution in [1.29, 1.82) is 0 Å². The lowest BCUT2D eigenvalue weighted by Gasteiger charge is -2.61. The highest BCUT2D eigenvalue weighted by Gasteiger charge is 2.62. The molecule has 0 spiro atoms. The van der Waals surface area contributed by atoms with E-state index in [9.17, 15) is 27.9 Å². The fraction of sp³-hybridized carbons (Fsp3) is 0.636. The number of hydrogen-bond acceptors (Lipinski definition) is 5. The van der Waals surface area contributed by atoms with Crippen LogP contribution in [0.5, 0.6) is 5.75 Å². The van der Waals surface area contributed by atoms with Crippen molar-refractivity contribution >= 4 is 11.9 Å². The number of halogens is 3. The molecule has 1 aromatic rings. The summed E-state index contributed by atoms with van der Waals surface area (Å²) in [5, 5.41) is 14.1. The van der Waals surface area contributed by atoms with Gasteiger partial charge in [0.15, 0.2) is 0 Å². The number of benzene rings is 1. The van der Waals surface area contributed by atoms with Crippen molar-refractivity contribution in [2.45, 2.75) is 62.8 Å². The molecule has 3 rings (SSSR count). The molecule has 0 radical (unpaired) electrons. The second kappa shape index (κ2) is 8.55. The Balaban J connectivity index is 2.09. The molecule has 1 aliphatic heterocycles. The largest absolute Gasteiger partial charge is 0.497 e. The first kappa shape index (κ1) is 24.3. The van der Waals surface area contributed by atoms with Crippen molar-refractivity contribution in [2.75, 3.05) is 20.2 Å². The lowest BCUT2D eigenvalue weighted by Crippen LogP contribution is -2.71. The van der Waals surface area contributed by atoms with E-state index in [0.29, 0.717) is 5.75 Å². The van der Waals surface area contributed by atoms with Gasteiger partial charge in [0, 0.05) is 17.4 Å². The van der Waals surface area contributed by atoms with Crippen molar-refractivity contribution in [3.63, 3.8) is 0 Å². The van der Waals surface area contributed by atoms with E-state index < -0.39 is 47.6 Å². The van der Waals surface area contributed by atoms with Crippen LogP contribution in [0.2, 0.25) is 0 Å². The molecule has 10 heteroatoms. The molecule has 4 N–H and O–H groups in total. The van der Waals surface area contributed by atoms with E-state index in [-0.39, 0.29) is 32.2 Å². The Hall–Kier alpha value is -2.33. The van der Waals surface area contributed by atoms with E-state index in [4.69, 9.17) is 10.5 Å². The van der Waals surface area contributed by atoms with Crippen LogP contribution in [0.3, 0.4) is 0 Å². The number of primary amides is 1. The van der Waals surface area contributed by atoms with Gasteiger partial charge in [-0.1, -0.05) is 6.07 Å². The maximum absolute atomic E-state index is 13.2. The van der Waals surface area contributed by atoms with Crippen LogP contribution in [-0.2, 0) is 10.2 Å². The van der Waals surface area contributed by atoms with Crippen molar-refractivity contribution in [2.24, 2.45) is 11.7 Å². The molecule has 178 valence electrons. The minimum Gasteiger partial charge on any atom is -0.497 e. The van der Waals surface area contributed by atoms with E-state index in [1.807, 2.05) is 13.0 Å². The molecule has 4 atom stereocenters. The third-order valence-electron chi connectivity index (χ3n) is 7.32. The minimum absolute atomic E-state index is 0.101. The van der Waals surface area contributed by atoms with E-state index in [1.165, 1.54) is 12.0 Å². The molecule has 2 fully saturated rings. The number of imide groups is 1. The second-order valence-electron chi connectivity index (χ2n) is 8.99. The van der Waals surface area contributed by atoms with Crippen molar-refractivity contribution in [3.8, 4) is 5.75 Å². The first-order chi connectivity index (χ1) is 14.8. The Bertz CT molecular complexity index is 894. The number of carbonyl (C=O) groups is 2. The predicted octanol–water partition coefficient (Wildman–Crippen LogP) is 2.62. The number of alkyl halides is 3. The molecule has 1 aromatic carbocycles. The number of piperidine rings is 1. The SMILES string of the molecule is COc1ccc(C)c(C23CCN(CC(F)(F)F)C(C)C2(O)CCC(C(=O)NC(N)=O)C3)c1. The number of rotatable bonds is 4. The predicted molar refractivity (Wildman–Crippen MR) is 111 cm³/mol. The average Bonchev–Trinajstić information content (AvgIpc) is 2.70. The summed E-state index contributed by atoms with van der Waals surface area (Å²) >= 11 is 0. The van der Waals surface area contributed by atoms with Crippen LogP contribution < -0.4 is 15.8 Å². The fourth-order valence-electron chi connectivity index (χ4n) is 5.71. The Morgan fingerprint density at radius 3 is 2.62 bits per heavy atom. The van der Waals surface area contributed by atoms with E-state index in [2.05, 4.69) is 5.32 Å². The summed E-state index contributed by atoms with van der Waals surface area (Å²) in [6, 6.07) is 3.64. The average molecular weight is 457 g/mol. The molecule has 32 heavy (non-hydrogen) atoms. The molecule has 3 amide bonds. The number of hydrogen-bond donors (Lipinski definition) is 3. The number of nitrogens with zero attached hydrogens (tertiary/aromatic N) is 1. The number of ether oxygens (including phenoxy) is 1. The number of nitrogens with two attached hydrogens (primary N) is 1. The van der Waals surface area contributed by atoms with Crippen molar-refractivity contribution in [1.82, 2.24) is 10.2 Å². The van der Waals surface area contributed by atoms with Crippen LogP contribution in [0, 0.1) is 12.8 Å². The molecule has 4 unspecified atom stereocenters. The van der Waals surface area contributed by atoms with Crippen molar-refractivity contribution < 1.29 is 32.6 Å². The van der Waals surface area contributed by atoms with Crippen LogP contribution in [0.25, 0.3) is 0 Å². The topological polar surface area (TPSA) is 105 Å². The minimum atomic E-state index is -4.39. The highest BCUT2D eigenvalue weighted by molar-refractivity contribution is 5.94.